The van der Waals surface area contributed by atoms with Crippen LogP contribution >= 0.6 is 0 Å². The minimum absolute atomic E-state index is 1.02. The first-order valence-corrected chi connectivity index (χ1v) is 9.78. The molecule has 0 aliphatic carbocycles. The van der Waals surface area contributed by atoms with E-state index in [0.717, 1.165) is 24.1 Å². The van der Waals surface area contributed by atoms with Gasteiger partial charge in [0.05, 0.1) is 17.4 Å². The summed E-state index contributed by atoms with van der Waals surface area (Å²) in [6.45, 7) is 8.73. The van der Waals surface area contributed by atoms with E-state index in [0.29, 0.717) is 0 Å². The molecule has 0 aliphatic heterocycles. The zero-order valence-corrected chi connectivity index (χ0v) is 16.6. The second-order valence-electron chi connectivity index (χ2n) is 7.26. The number of rotatable bonds is 4. The highest BCUT2D eigenvalue weighted by atomic mass is 15.0. The summed E-state index contributed by atoms with van der Waals surface area (Å²) < 4.78 is 2.24. The first-order chi connectivity index (χ1) is 13.1. The molecule has 0 saturated carbocycles. The van der Waals surface area contributed by atoms with Gasteiger partial charge in [-0.1, -0.05) is 49.7 Å². The molecule has 0 saturated heterocycles. The zero-order chi connectivity index (χ0) is 19.0. The van der Waals surface area contributed by atoms with Crippen LogP contribution in [0.2, 0.25) is 0 Å². The molecule has 0 unspecified atom stereocenters. The average Bonchev–Trinajstić information content (AvgIpc) is 3.10. The van der Waals surface area contributed by atoms with E-state index in [1.807, 2.05) is 6.20 Å². The maximum Gasteiger partial charge on any atom is 0.0715 e. The van der Waals surface area contributed by atoms with E-state index >= 15 is 0 Å². The van der Waals surface area contributed by atoms with Crippen LogP contribution in [-0.4, -0.2) is 9.55 Å². The standard InChI is InChI=1S/C25H26N2/c1-5-19-8-7-9-20(6-2)25(19)22-15-21-12-13-27(24(21)16-26-22)23-11-10-17(3)14-18(23)4/h7-16H,5-6H2,1-4H3. The number of hydrogen-bond acceptors (Lipinski definition) is 1. The molecule has 0 atom stereocenters. The summed E-state index contributed by atoms with van der Waals surface area (Å²) in [6, 6.07) is 17.6. The molecule has 4 aromatic rings. The van der Waals surface area contributed by atoms with Gasteiger partial charge in [-0.25, -0.2) is 0 Å². The van der Waals surface area contributed by atoms with E-state index in [9.17, 15) is 0 Å². The van der Waals surface area contributed by atoms with Crippen molar-refractivity contribution in [3.05, 3.63) is 83.2 Å². The predicted molar refractivity (Wildman–Crippen MR) is 115 cm³/mol. The Morgan fingerprint density at radius 3 is 2.30 bits per heavy atom. The molecule has 27 heavy (non-hydrogen) atoms. The van der Waals surface area contributed by atoms with Crippen LogP contribution in [-0.2, 0) is 12.8 Å². The molecule has 4 rings (SSSR count). The number of hydrogen-bond donors (Lipinski definition) is 0. The topological polar surface area (TPSA) is 17.8 Å². The van der Waals surface area contributed by atoms with Crippen LogP contribution in [0, 0.1) is 13.8 Å². The van der Waals surface area contributed by atoms with Crippen molar-refractivity contribution < 1.29 is 0 Å². The van der Waals surface area contributed by atoms with E-state index in [4.69, 9.17) is 4.98 Å². The van der Waals surface area contributed by atoms with Crippen LogP contribution in [0.25, 0.3) is 27.8 Å². The lowest BCUT2D eigenvalue weighted by atomic mass is 9.94. The van der Waals surface area contributed by atoms with Gasteiger partial charge in [0.2, 0.25) is 0 Å². The van der Waals surface area contributed by atoms with Gasteiger partial charge in [0.15, 0.2) is 0 Å². The summed E-state index contributed by atoms with van der Waals surface area (Å²) in [5.74, 6) is 0. The van der Waals surface area contributed by atoms with Gasteiger partial charge in [0.25, 0.3) is 0 Å². The Bertz CT molecular complexity index is 1100. The van der Waals surface area contributed by atoms with Crippen LogP contribution in [0.4, 0.5) is 0 Å². The van der Waals surface area contributed by atoms with E-state index in [1.54, 1.807) is 0 Å². The monoisotopic (exact) mass is 354 g/mol. The van der Waals surface area contributed by atoms with Crippen LogP contribution in [0.5, 0.6) is 0 Å². The fraction of sp³-hybridized carbons (Fsp3) is 0.240. The fourth-order valence-electron chi connectivity index (χ4n) is 4.03. The third-order valence-corrected chi connectivity index (χ3v) is 5.44. The Morgan fingerprint density at radius 2 is 1.63 bits per heavy atom. The molecule has 0 radical (unpaired) electrons. The quantitative estimate of drug-likeness (QED) is 0.413. The molecule has 2 heterocycles. The fourth-order valence-corrected chi connectivity index (χ4v) is 4.03. The molecule has 2 aromatic carbocycles. The third-order valence-electron chi connectivity index (χ3n) is 5.44. The van der Waals surface area contributed by atoms with Crippen molar-refractivity contribution in [1.82, 2.24) is 9.55 Å². The van der Waals surface area contributed by atoms with Gasteiger partial charge < -0.3 is 4.57 Å². The Hall–Kier alpha value is -2.87. The Balaban J connectivity index is 1.87. The molecule has 0 bridgehead atoms. The number of nitrogens with zero attached hydrogens (tertiary/aromatic N) is 2. The summed E-state index contributed by atoms with van der Waals surface area (Å²) >= 11 is 0. The molecule has 0 N–H and O–H groups in total. The highest BCUT2D eigenvalue weighted by Crippen LogP contribution is 2.31. The number of aromatic nitrogens is 2. The molecule has 136 valence electrons. The Labute approximate surface area is 161 Å². The van der Waals surface area contributed by atoms with Crippen LogP contribution in [0.1, 0.15) is 36.1 Å². The molecule has 2 nitrogen and oxygen atoms in total. The first kappa shape index (κ1) is 17.5. The number of benzene rings is 2. The summed E-state index contributed by atoms with van der Waals surface area (Å²) in [7, 11) is 0. The van der Waals surface area contributed by atoms with Gasteiger partial charge >= 0.3 is 0 Å². The van der Waals surface area contributed by atoms with Gasteiger partial charge in [-0.3, -0.25) is 4.98 Å². The lowest BCUT2D eigenvalue weighted by Gasteiger charge is -2.13. The Morgan fingerprint density at radius 1 is 0.889 bits per heavy atom. The predicted octanol–water partition coefficient (Wildman–Crippen LogP) is 6.43. The van der Waals surface area contributed by atoms with Gasteiger partial charge in [-0.2, -0.15) is 0 Å². The molecule has 2 heteroatoms. The van der Waals surface area contributed by atoms with E-state index in [-0.39, 0.29) is 0 Å². The van der Waals surface area contributed by atoms with Crippen LogP contribution in [0.3, 0.4) is 0 Å². The smallest absolute Gasteiger partial charge is 0.0715 e. The minimum Gasteiger partial charge on any atom is -0.315 e. The summed E-state index contributed by atoms with van der Waals surface area (Å²) in [4.78, 5) is 4.88. The highest BCUT2D eigenvalue weighted by Gasteiger charge is 2.13. The van der Waals surface area contributed by atoms with Gasteiger partial charge in [-0.15, -0.1) is 0 Å². The number of fused-ring (bicyclic) bond motifs is 1. The molecular weight excluding hydrogens is 328 g/mol. The van der Waals surface area contributed by atoms with Gasteiger partial charge in [0, 0.05) is 22.8 Å². The largest absolute Gasteiger partial charge is 0.315 e. The number of pyridine rings is 1. The molecule has 2 aromatic heterocycles. The molecule has 0 aliphatic rings. The van der Waals surface area contributed by atoms with Crippen molar-refractivity contribution in [2.75, 3.05) is 0 Å². The minimum atomic E-state index is 1.02. The SMILES string of the molecule is CCc1cccc(CC)c1-c1cc2ccn(-c3ccc(C)cc3C)c2cn1. The summed E-state index contributed by atoms with van der Waals surface area (Å²) in [6.07, 6.45) is 6.22. The molecule has 0 fully saturated rings. The van der Waals surface area contributed by atoms with E-state index < -0.39 is 0 Å². The van der Waals surface area contributed by atoms with Crippen molar-refractivity contribution in [3.63, 3.8) is 0 Å². The second-order valence-corrected chi connectivity index (χ2v) is 7.26. The van der Waals surface area contributed by atoms with Crippen molar-refractivity contribution in [2.24, 2.45) is 0 Å². The first-order valence-electron chi connectivity index (χ1n) is 9.78. The number of aryl methyl sites for hydroxylation is 4. The van der Waals surface area contributed by atoms with E-state index in [1.165, 1.54) is 38.9 Å². The third kappa shape index (κ3) is 3.06. The summed E-state index contributed by atoms with van der Waals surface area (Å²) in [5, 5.41) is 1.23. The second kappa shape index (κ2) is 7.03. The lowest BCUT2D eigenvalue weighted by molar-refractivity contribution is 1.08. The van der Waals surface area contributed by atoms with Crippen molar-refractivity contribution in [2.45, 2.75) is 40.5 Å². The normalized spacial score (nSPS) is 11.3. The van der Waals surface area contributed by atoms with Gasteiger partial charge in [-0.05, 0) is 61.6 Å². The molecule has 0 spiro atoms. The van der Waals surface area contributed by atoms with Crippen molar-refractivity contribution >= 4 is 10.9 Å². The average molecular weight is 354 g/mol. The highest BCUT2D eigenvalue weighted by molar-refractivity contribution is 5.86. The summed E-state index contributed by atoms with van der Waals surface area (Å²) in [5.41, 5.74) is 10.1. The van der Waals surface area contributed by atoms with Crippen molar-refractivity contribution in [3.8, 4) is 16.9 Å². The maximum atomic E-state index is 4.88. The Kier molecular flexibility index (Phi) is 4.57. The van der Waals surface area contributed by atoms with Crippen LogP contribution in [0.15, 0.2) is 60.9 Å². The molecular formula is C25H26N2. The molecule has 0 amide bonds. The lowest BCUT2D eigenvalue weighted by Crippen LogP contribution is -1.98. The van der Waals surface area contributed by atoms with Crippen LogP contribution < -0.4 is 0 Å². The maximum absolute atomic E-state index is 4.88. The van der Waals surface area contributed by atoms with E-state index in [2.05, 4.69) is 87.0 Å². The van der Waals surface area contributed by atoms with Crippen molar-refractivity contribution in [1.29, 1.82) is 0 Å². The van der Waals surface area contributed by atoms with Gasteiger partial charge in [0.1, 0.15) is 0 Å². The zero-order valence-electron chi connectivity index (χ0n) is 16.6.